The summed E-state index contributed by atoms with van der Waals surface area (Å²) in [7, 11) is 0. The molecule has 37 heavy (non-hydrogen) atoms. The zero-order chi connectivity index (χ0) is 26.7. The van der Waals surface area contributed by atoms with Crippen molar-refractivity contribution in [1.29, 1.82) is 0 Å². The Bertz CT molecular complexity index is 1540. The van der Waals surface area contributed by atoms with Crippen molar-refractivity contribution in [3.63, 3.8) is 0 Å². The Kier molecular flexibility index (Phi) is 7.42. The Labute approximate surface area is 212 Å². The quantitative estimate of drug-likeness (QED) is 0.334. The van der Waals surface area contributed by atoms with Crippen LogP contribution in [0.1, 0.15) is 31.4 Å². The van der Waals surface area contributed by atoms with Crippen molar-refractivity contribution in [1.82, 2.24) is 10.6 Å². The number of hydrogen-bond donors (Lipinski definition) is 2. The van der Waals surface area contributed by atoms with E-state index in [4.69, 9.17) is 8.83 Å². The van der Waals surface area contributed by atoms with Crippen LogP contribution in [0.15, 0.2) is 62.4 Å². The molecule has 2 amide bonds. The first kappa shape index (κ1) is 25.7. The van der Waals surface area contributed by atoms with Gasteiger partial charge >= 0.3 is 5.63 Å². The zero-order valence-electron chi connectivity index (χ0n) is 20.8. The van der Waals surface area contributed by atoms with E-state index in [2.05, 4.69) is 10.6 Å². The molecule has 0 radical (unpaired) electrons. The Morgan fingerprint density at radius 2 is 1.76 bits per heavy atom. The standard InChI is InChI=1S/C28H28N2O7/c1-4-15(2)26(27(33)34)30-25(32)13-29-24(31)11-19-16(3)18-10-20-21(17-8-6-5-7-9-17)14-36-22(20)12-23(18)37-28(19)35/h5-10,12,14-15,26H,4,11,13H2,1-3H3,(H,29,31)(H,30,32)(H,33,34)/p-1/t15-,26+/m1/s1. The second kappa shape index (κ2) is 10.7. The van der Waals surface area contributed by atoms with Crippen LogP contribution in [-0.2, 0) is 20.8 Å². The highest BCUT2D eigenvalue weighted by molar-refractivity contribution is 6.02. The maximum absolute atomic E-state index is 12.7. The molecule has 192 valence electrons. The lowest BCUT2D eigenvalue weighted by Crippen LogP contribution is -2.53. The van der Waals surface area contributed by atoms with Crippen LogP contribution in [0.5, 0.6) is 0 Å². The van der Waals surface area contributed by atoms with E-state index >= 15 is 0 Å². The Hall–Kier alpha value is -4.40. The number of benzene rings is 2. The van der Waals surface area contributed by atoms with Crippen LogP contribution in [0.3, 0.4) is 0 Å². The Morgan fingerprint density at radius 1 is 1.03 bits per heavy atom. The minimum Gasteiger partial charge on any atom is -0.548 e. The maximum atomic E-state index is 12.7. The lowest BCUT2D eigenvalue weighted by atomic mass is 9.99. The van der Waals surface area contributed by atoms with Crippen molar-refractivity contribution in [3.8, 4) is 11.1 Å². The molecule has 2 atom stereocenters. The average Bonchev–Trinajstić information content (AvgIpc) is 3.30. The number of carbonyl (C=O) groups is 3. The monoisotopic (exact) mass is 503 g/mol. The van der Waals surface area contributed by atoms with Gasteiger partial charge in [-0.25, -0.2) is 4.79 Å². The average molecular weight is 504 g/mol. The number of aliphatic carboxylic acids is 1. The van der Waals surface area contributed by atoms with E-state index in [1.54, 1.807) is 33.1 Å². The van der Waals surface area contributed by atoms with Crippen LogP contribution in [-0.4, -0.2) is 30.4 Å². The number of rotatable bonds is 9. The number of carbonyl (C=O) groups excluding carboxylic acids is 3. The third-order valence-electron chi connectivity index (χ3n) is 6.63. The van der Waals surface area contributed by atoms with Gasteiger partial charge in [0.15, 0.2) is 0 Å². The van der Waals surface area contributed by atoms with E-state index in [0.29, 0.717) is 28.5 Å². The highest BCUT2D eigenvalue weighted by Crippen LogP contribution is 2.34. The summed E-state index contributed by atoms with van der Waals surface area (Å²) in [6.45, 7) is 4.78. The fourth-order valence-corrected chi connectivity index (χ4v) is 4.25. The smallest absolute Gasteiger partial charge is 0.340 e. The molecule has 0 bridgehead atoms. The third kappa shape index (κ3) is 5.40. The second-order valence-corrected chi connectivity index (χ2v) is 9.06. The summed E-state index contributed by atoms with van der Waals surface area (Å²) in [5, 5.41) is 17.6. The number of nitrogens with one attached hydrogen (secondary N) is 2. The fourth-order valence-electron chi connectivity index (χ4n) is 4.25. The van der Waals surface area contributed by atoms with Crippen molar-refractivity contribution in [2.75, 3.05) is 6.54 Å². The molecule has 0 aliphatic heterocycles. The first-order valence-corrected chi connectivity index (χ1v) is 12.0. The minimum atomic E-state index is -1.39. The molecule has 2 aromatic carbocycles. The molecule has 4 aromatic rings. The molecule has 9 nitrogen and oxygen atoms in total. The van der Waals surface area contributed by atoms with E-state index in [1.165, 1.54) is 0 Å². The minimum absolute atomic E-state index is 0.168. The highest BCUT2D eigenvalue weighted by atomic mass is 16.4. The molecule has 0 saturated carbocycles. The molecular weight excluding hydrogens is 476 g/mol. The summed E-state index contributed by atoms with van der Waals surface area (Å²) in [5.74, 6) is -2.96. The predicted octanol–water partition coefficient (Wildman–Crippen LogP) is 2.45. The normalized spacial score (nSPS) is 12.8. The molecule has 4 rings (SSSR count). The van der Waals surface area contributed by atoms with Crippen molar-refractivity contribution in [3.05, 3.63) is 70.3 Å². The lowest BCUT2D eigenvalue weighted by Gasteiger charge is -2.25. The van der Waals surface area contributed by atoms with Gasteiger partial charge in [0.2, 0.25) is 11.8 Å². The summed E-state index contributed by atoms with van der Waals surface area (Å²) in [6, 6.07) is 12.1. The van der Waals surface area contributed by atoms with Crippen LogP contribution < -0.4 is 21.4 Å². The Balaban J connectivity index is 1.54. The number of hydrogen-bond acceptors (Lipinski definition) is 7. The summed E-state index contributed by atoms with van der Waals surface area (Å²) in [6.07, 6.45) is 1.87. The van der Waals surface area contributed by atoms with Crippen molar-refractivity contribution in [2.45, 2.75) is 39.7 Å². The molecule has 2 N–H and O–H groups in total. The number of furan rings is 1. The van der Waals surface area contributed by atoms with E-state index in [9.17, 15) is 24.3 Å². The summed E-state index contributed by atoms with van der Waals surface area (Å²) >= 11 is 0. The molecule has 0 fully saturated rings. The first-order valence-electron chi connectivity index (χ1n) is 12.0. The topological polar surface area (TPSA) is 142 Å². The number of aryl methyl sites for hydroxylation is 1. The molecule has 2 aromatic heterocycles. The Morgan fingerprint density at radius 3 is 2.43 bits per heavy atom. The molecule has 2 heterocycles. The van der Waals surface area contributed by atoms with Gasteiger partial charge in [0.05, 0.1) is 36.8 Å². The van der Waals surface area contributed by atoms with Gasteiger partial charge in [-0.05, 0) is 30.0 Å². The van der Waals surface area contributed by atoms with E-state index in [1.807, 2.05) is 36.4 Å². The van der Waals surface area contributed by atoms with Crippen molar-refractivity contribution in [2.24, 2.45) is 5.92 Å². The van der Waals surface area contributed by atoms with Crippen LogP contribution in [0, 0.1) is 12.8 Å². The molecule has 0 aliphatic carbocycles. The van der Waals surface area contributed by atoms with Gasteiger partial charge in [-0.1, -0.05) is 50.6 Å². The van der Waals surface area contributed by atoms with E-state index < -0.39 is 36.0 Å². The van der Waals surface area contributed by atoms with Crippen LogP contribution in [0.4, 0.5) is 0 Å². The molecule has 0 saturated heterocycles. The summed E-state index contributed by atoms with van der Waals surface area (Å²) in [5.41, 5.74) is 2.86. The van der Waals surface area contributed by atoms with Gasteiger partial charge in [0.25, 0.3) is 0 Å². The summed E-state index contributed by atoms with van der Waals surface area (Å²) in [4.78, 5) is 48.7. The maximum Gasteiger partial charge on any atom is 0.340 e. The summed E-state index contributed by atoms with van der Waals surface area (Å²) < 4.78 is 11.2. The molecular formula is C28H27N2O7-. The van der Waals surface area contributed by atoms with Gasteiger partial charge in [0.1, 0.15) is 11.2 Å². The van der Waals surface area contributed by atoms with Crippen molar-refractivity contribution >= 4 is 39.7 Å². The third-order valence-corrected chi connectivity index (χ3v) is 6.63. The number of amides is 2. The SMILES string of the molecule is CC[C@@H](C)[C@H](NC(=O)CNC(=O)Cc1c(C)c2cc3c(-c4ccccc4)coc3cc2oc1=O)C(=O)[O-]. The fraction of sp³-hybridized carbons (Fsp3) is 0.286. The van der Waals surface area contributed by atoms with E-state index in [-0.39, 0.29) is 17.9 Å². The van der Waals surface area contributed by atoms with Gasteiger partial charge in [-0.2, -0.15) is 0 Å². The van der Waals surface area contributed by atoms with Crippen molar-refractivity contribution < 1.29 is 28.3 Å². The van der Waals surface area contributed by atoms with Crippen LogP contribution in [0.25, 0.3) is 33.1 Å². The lowest BCUT2D eigenvalue weighted by molar-refractivity contribution is -0.309. The van der Waals surface area contributed by atoms with Crippen LogP contribution in [0.2, 0.25) is 0 Å². The molecule has 0 spiro atoms. The molecule has 0 unspecified atom stereocenters. The van der Waals surface area contributed by atoms with Gasteiger partial charge < -0.3 is 29.4 Å². The highest BCUT2D eigenvalue weighted by Gasteiger charge is 2.21. The molecule has 9 heteroatoms. The zero-order valence-corrected chi connectivity index (χ0v) is 20.8. The number of carboxylic acids is 1. The second-order valence-electron chi connectivity index (χ2n) is 9.06. The molecule has 0 aliphatic rings. The van der Waals surface area contributed by atoms with Gasteiger partial charge in [-0.3, -0.25) is 9.59 Å². The van der Waals surface area contributed by atoms with Gasteiger partial charge in [-0.15, -0.1) is 0 Å². The van der Waals surface area contributed by atoms with Gasteiger partial charge in [0, 0.05) is 22.4 Å². The first-order chi connectivity index (χ1) is 17.7. The van der Waals surface area contributed by atoms with Crippen LogP contribution >= 0.6 is 0 Å². The van der Waals surface area contributed by atoms with E-state index in [0.717, 1.165) is 16.5 Å². The number of fused-ring (bicyclic) bond motifs is 2. The number of carboxylic acid groups (broad SMARTS) is 1. The predicted molar refractivity (Wildman–Crippen MR) is 136 cm³/mol. The largest absolute Gasteiger partial charge is 0.548 e.